The van der Waals surface area contributed by atoms with Gasteiger partial charge in [-0.05, 0) is 19.3 Å². The van der Waals surface area contributed by atoms with Crippen LogP contribution in [0.4, 0.5) is 13.2 Å². The second-order valence-electron chi connectivity index (χ2n) is 8.72. The Morgan fingerprint density at radius 1 is 1.19 bits per heavy atom. The summed E-state index contributed by atoms with van der Waals surface area (Å²) in [5.41, 5.74) is -3.54. The van der Waals surface area contributed by atoms with E-state index < -0.39 is 28.3 Å². The maximum atomic E-state index is 13.7. The molecule has 1 saturated carbocycles. The minimum absolute atomic E-state index is 0.0524. The number of carbonyl (C=O) groups is 2. The smallest absolute Gasteiger partial charge is 0.340 e. The molecule has 2 fully saturated rings. The molecule has 26 heavy (non-hydrogen) atoms. The van der Waals surface area contributed by atoms with E-state index in [-0.39, 0.29) is 37.3 Å². The van der Waals surface area contributed by atoms with Crippen LogP contribution in [0.3, 0.4) is 0 Å². The third kappa shape index (κ3) is 2.74. The van der Waals surface area contributed by atoms with Gasteiger partial charge < -0.3 is 4.90 Å². The number of allylic oxidation sites excluding steroid dienone is 1. The topological polar surface area (TPSA) is 61.2 Å². The van der Waals surface area contributed by atoms with Crippen molar-refractivity contribution < 1.29 is 22.8 Å². The zero-order chi connectivity index (χ0) is 19.4. The van der Waals surface area contributed by atoms with Crippen LogP contribution in [0, 0.1) is 27.6 Å². The Morgan fingerprint density at radius 2 is 1.77 bits per heavy atom. The van der Waals surface area contributed by atoms with E-state index in [0.717, 1.165) is 6.42 Å². The van der Waals surface area contributed by atoms with Gasteiger partial charge in [0.25, 0.3) is 0 Å². The molecule has 1 aliphatic heterocycles. The Morgan fingerprint density at radius 3 is 2.27 bits per heavy atom. The maximum absolute atomic E-state index is 13.7. The van der Waals surface area contributed by atoms with E-state index in [4.69, 9.17) is 0 Å². The Bertz CT molecular complexity index is 703. The van der Waals surface area contributed by atoms with Crippen LogP contribution < -0.4 is 0 Å². The zero-order valence-corrected chi connectivity index (χ0v) is 15.1. The third-order valence-corrected chi connectivity index (χ3v) is 6.18. The van der Waals surface area contributed by atoms with Crippen LogP contribution in [-0.4, -0.2) is 35.9 Å². The van der Waals surface area contributed by atoms with Crippen molar-refractivity contribution in [3.05, 3.63) is 11.6 Å². The fourth-order valence-corrected chi connectivity index (χ4v) is 4.97. The minimum atomic E-state index is -4.55. The SMILES string of the molecule is CC1(C)CC2(C=C(C#N)C1=O)CN(C(=O)C1(C(F)(F)F)CCCCC1)C2. The monoisotopic (exact) mass is 368 g/mol. The number of Topliss-reactive ketones (excluding diaryl/α,β-unsaturated/α-hetero) is 1. The van der Waals surface area contributed by atoms with Crippen molar-refractivity contribution in [1.82, 2.24) is 4.90 Å². The number of alkyl halides is 3. The number of hydrogen-bond acceptors (Lipinski definition) is 3. The molecule has 3 rings (SSSR count). The van der Waals surface area contributed by atoms with E-state index in [1.807, 2.05) is 6.07 Å². The van der Waals surface area contributed by atoms with Crippen LogP contribution in [0.2, 0.25) is 0 Å². The van der Waals surface area contributed by atoms with Gasteiger partial charge in [-0.1, -0.05) is 39.2 Å². The van der Waals surface area contributed by atoms with Crippen molar-refractivity contribution in [2.45, 2.75) is 58.5 Å². The highest BCUT2D eigenvalue weighted by atomic mass is 19.4. The molecular weight excluding hydrogens is 345 g/mol. The van der Waals surface area contributed by atoms with Gasteiger partial charge in [0.15, 0.2) is 5.78 Å². The van der Waals surface area contributed by atoms with Gasteiger partial charge in [0.05, 0.1) is 5.57 Å². The molecule has 0 aromatic rings. The number of amides is 1. The van der Waals surface area contributed by atoms with Crippen LogP contribution >= 0.6 is 0 Å². The first-order valence-corrected chi connectivity index (χ1v) is 9.00. The molecule has 3 aliphatic rings. The first-order valence-electron chi connectivity index (χ1n) is 9.00. The zero-order valence-electron chi connectivity index (χ0n) is 15.1. The lowest BCUT2D eigenvalue weighted by Gasteiger charge is -2.55. The number of ketones is 1. The Labute approximate surface area is 151 Å². The van der Waals surface area contributed by atoms with Crippen molar-refractivity contribution in [1.29, 1.82) is 5.26 Å². The molecule has 0 aromatic heterocycles. The maximum Gasteiger partial charge on any atom is 0.403 e. The summed E-state index contributed by atoms with van der Waals surface area (Å²) in [4.78, 5) is 26.3. The molecule has 0 atom stereocenters. The van der Waals surface area contributed by atoms with E-state index in [1.165, 1.54) is 4.90 Å². The Hall–Kier alpha value is -1.84. The molecule has 4 nitrogen and oxygen atoms in total. The fourth-order valence-electron chi connectivity index (χ4n) is 4.97. The largest absolute Gasteiger partial charge is 0.403 e. The fraction of sp³-hybridized carbons (Fsp3) is 0.737. The molecule has 142 valence electrons. The molecule has 0 N–H and O–H groups in total. The predicted octanol–water partition coefficient (Wildman–Crippen LogP) is 3.78. The highest BCUT2D eigenvalue weighted by molar-refractivity contribution is 6.04. The highest BCUT2D eigenvalue weighted by Crippen LogP contribution is 2.54. The van der Waals surface area contributed by atoms with Crippen molar-refractivity contribution in [3.8, 4) is 6.07 Å². The van der Waals surface area contributed by atoms with Crippen LogP contribution in [0.25, 0.3) is 0 Å². The molecule has 1 spiro atoms. The molecule has 0 unspecified atom stereocenters. The van der Waals surface area contributed by atoms with Gasteiger partial charge in [-0.2, -0.15) is 18.4 Å². The van der Waals surface area contributed by atoms with Gasteiger partial charge >= 0.3 is 6.18 Å². The lowest BCUT2D eigenvalue weighted by molar-refractivity contribution is -0.239. The molecular formula is C19H23F3N2O2. The summed E-state index contributed by atoms with van der Waals surface area (Å²) < 4.78 is 41.2. The highest BCUT2D eigenvalue weighted by Gasteiger charge is 2.63. The number of carbonyl (C=O) groups excluding carboxylic acids is 2. The molecule has 0 aromatic carbocycles. The normalized spacial score (nSPS) is 26.7. The van der Waals surface area contributed by atoms with Crippen molar-refractivity contribution >= 4 is 11.7 Å². The van der Waals surface area contributed by atoms with Crippen molar-refractivity contribution in [3.63, 3.8) is 0 Å². The van der Waals surface area contributed by atoms with Crippen LogP contribution in [0.1, 0.15) is 52.4 Å². The Kier molecular flexibility index (Phi) is 4.25. The van der Waals surface area contributed by atoms with Crippen LogP contribution in [0.5, 0.6) is 0 Å². The number of likely N-dealkylation sites (tertiary alicyclic amines) is 1. The number of nitriles is 1. The molecule has 2 aliphatic carbocycles. The Balaban J connectivity index is 1.83. The quantitative estimate of drug-likeness (QED) is 0.708. The van der Waals surface area contributed by atoms with Gasteiger partial charge in [0.2, 0.25) is 5.91 Å². The first kappa shape index (κ1) is 18.9. The molecule has 0 radical (unpaired) electrons. The third-order valence-electron chi connectivity index (χ3n) is 6.18. The van der Waals surface area contributed by atoms with Gasteiger partial charge in [-0.15, -0.1) is 0 Å². The van der Waals surface area contributed by atoms with Gasteiger partial charge in [0.1, 0.15) is 11.5 Å². The summed E-state index contributed by atoms with van der Waals surface area (Å²) in [5, 5.41) is 9.20. The molecule has 1 heterocycles. The lowest BCUT2D eigenvalue weighted by Crippen LogP contribution is -2.65. The summed E-state index contributed by atoms with van der Waals surface area (Å²) in [6, 6.07) is 1.90. The number of hydrogen-bond donors (Lipinski definition) is 0. The molecule has 7 heteroatoms. The van der Waals surface area contributed by atoms with E-state index in [9.17, 15) is 28.0 Å². The minimum Gasteiger partial charge on any atom is -0.340 e. The molecule has 1 saturated heterocycles. The van der Waals surface area contributed by atoms with Crippen molar-refractivity contribution in [2.24, 2.45) is 16.2 Å². The first-order chi connectivity index (χ1) is 12.0. The average Bonchev–Trinajstić information content (AvgIpc) is 2.54. The van der Waals surface area contributed by atoms with Gasteiger partial charge in [0, 0.05) is 23.9 Å². The summed E-state index contributed by atoms with van der Waals surface area (Å²) in [6.45, 7) is 3.77. The summed E-state index contributed by atoms with van der Waals surface area (Å²) in [5.74, 6) is -1.08. The lowest BCUT2D eigenvalue weighted by atomic mass is 9.60. The molecule has 1 amide bonds. The standard InChI is InChI=1S/C19H23F3N2O2/c1-16(2)10-17(8-13(9-23)14(16)25)11-24(12-17)15(26)18(19(20,21)22)6-4-3-5-7-18/h8H,3-7,10-12H2,1-2H3. The van der Waals surface area contributed by atoms with E-state index >= 15 is 0 Å². The van der Waals surface area contributed by atoms with E-state index in [0.29, 0.717) is 19.3 Å². The summed E-state index contributed by atoms with van der Waals surface area (Å²) >= 11 is 0. The number of rotatable bonds is 1. The van der Waals surface area contributed by atoms with E-state index in [2.05, 4.69) is 0 Å². The average molecular weight is 368 g/mol. The van der Waals surface area contributed by atoms with Crippen LogP contribution in [0.15, 0.2) is 11.6 Å². The number of halogens is 3. The predicted molar refractivity (Wildman–Crippen MR) is 87.7 cm³/mol. The van der Waals surface area contributed by atoms with E-state index in [1.54, 1.807) is 19.9 Å². The second-order valence-corrected chi connectivity index (χ2v) is 8.72. The second kappa shape index (κ2) is 5.83. The molecule has 0 bridgehead atoms. The summed E-state index contributed by atoms with van der Waals surface area (Å²) in [7, 11) is 0. The van der Waals surface area contributed by atoms with Crippen molar-refractivity contribution in [2.75, 3.05) is 13.1 Å². The van der Waals surface area contributed by atoms with Crippen LogP contribution in [-0.2, 0) is 9.59 Å². The summed E-state index contributed by atoms with van der Waals surface area (Å²) in [6.07, 6.45) is -1.31. The number of nitrogens with zero attached hydrogens (tertiary/aromatic N) is 2. The van der Waals surface area contributed by atoms with Gasteiger partial charge in [-0.3, -0.25) is 9.59 Å². The van der Waals surface area contributed by atoms with Gasteiger partial charge in [-0.25, -0.2) is 0 Å².